The number of nitrogens with two attached hydrogens (primary N) is 1. The summed E-state index contributed by atoms with van der Waals surface area (Å²) in [6.07, 6.45) is 6.94. The van der Waals surface area contributed by atoms with E-state index < -0.39 is 6.04 Å². The van der Waals surface area contributed by atoms with Crippen LogP contribution in [0.1, 0.15) is 12.0 Å². The van der Waals surface area contributed by atoms with Gasteiger partial charge in [0.15, 0.2) is 0 Å². The maximum absolute atomic E-state index is 11.4. The van der Waals surface area contributed by atoms with E-state index in [9.17, 15) is 4.79 Å². The van der Waals surface area contributed by atoms with Crippen molar-refractivity contribution < 1.29 is 4.79 Å². The molecule has 0 saturated heterocycles. The van der Waals surface area contributed by atoms with Gasteiger partial charge in [-0.2, -0.15) is 0 Å². The Bertz CT molecular complexity index is 378. The molecule has 0 aliphatic heterocycles. The van der Waals surface area contributed by atoms with Gasteiger partial charge in [-0.25, -0.2) is 4.98 Å². The second kappa shape index (κ2) is 5.13. The van der Waals surface area contributed by atoms with E-state index in [4.69, 9.17) is 12.2 Å². The van der Waals surface area contributed by atoms with E-state index in [0.29, 0.717) is 5.82 Å². The minimum Gasteiger partial charge on any atom is -0.319 e. The fourth-order valence-electron chi connectivity index (χ4n) is 0.980. The van der Waals surface area contributed by atoms with Gasteiger partial charge in [-0.05, 0) is 18.6 Å². The molecule has 0 aromatic carbocycles. The number of aryl methyl sites for hydroxylation is 1. The molecular formula is C11H13N3O. The summed E-state index contributed by atoms with van der Waals surface area (Å²) in [7, 11) is 0. The van der Waals surface area contributed by atoms with Gasteiger partial charge in [0.1, 0.15) is 5.82 Å². The highest BCUT2D eigenvalue weighted by Crippen LogP contribution is 2.04. The lowest BCUT2D eigenvalue weighted by molar-refractivity contribution is -0.117. The lowest BCUT2D eigenvalue weighted by Crippen LogP contribution is -2.35. The summed E-state index contributed by atoms with van der Waals surface area (Å²) >= 11 is 0. The zero-order chi connectivity index (χ0) is 11.3. The number of pyridine rings is 1. The van der Waals surface area contributed by atoms with Crippen molar-refractivity contribution >= 4 is 11.7 Å². The first-order chi connectivity index (χ1) is 7.13. The van der Waals surface area contributed by atoms with Crippen molar-refractivity contribution in [1.29, 1.82) is 0 Å². The minimum absolute atomic E-state index is 0.220. The lowest BCUT2D eigenvalue weighted by atomic mass is 10.2. The number of carbonyl (C=O) groups is 1. The van der Waals surface area contributed by atoms with Gasteiger partial charge in [-0.15, -0.1) is 12.3 Å². The Labute approximate surface area is 88.9 Å². The number of rotatable bonds is 3. The second-order valence-electron chi connectivity index (χ2n) is 3.22. The van der Waals surface area contributed by atoms with E-state index in [-0.39, 0.29) is 12.3 Å². The van der Waals surface area contributed by atoms with E-state index in [1.165, 1.54) is 0 Å². The van der Waals surface area contributed by atoms with Crippen molar-refractivity contribution in [3.05, 3.63) is 23.9 Å². The van der Waals surface area contributed by atoms with Crippen molar-refractivity contribution in [3.63, 3.8) is 0 Å². The van der Waals surface area contributed by atoms with Crippen LogP contribution in [0.25, 0.3) is 0 Å². The number of hydrogen-bond acceptors (Lipinski definition) is 3. The van der Waals surface area contributed by atoms with Crippen LogP contribution < -0.4 is 11.1 Å². The molecule has 1 heterocycles. The molecule has 1 unspecified atom stereocenters. The average molecular weight is 203 g/mol. The minimum atomic E-state index is -0.682. The van der Waals surface area contributed by atoms with Crippen LogP contribution in [-0.2, 0) is 4.79 Å². The molecule has 4 nitrogen and oxygen atoms in total. The summed E-state index contributed by atoms with van der Waals surface area (Å²) in [6.45, 7) is 1.92. The average Bonchev–Trinajstić information content (AvgIpc) is 2.22. The highest BCUT2D eigenvalue weighted by molar-refractivity contribution is 5.94. The van der Waals surface area contributed by atoms with Gasteiger partial charge in [0, 0.05) is 12.6 Å². The van der Waals surface area contributed by atoms with Crippen LogP contribution in [0.5, 0.6) is 0 Å². The Morgan fingerprint density at radius 2 is 2.47 bits per heavy atom. The molecule has 4 heteroatoms. The van der Waals surface area contributed by atoms with Crippen molar-refractivity contribution in [3.8, 4) is 12.3 Å². The molecular weight excluding hydrogens is 190 g/mol. The van der Waals surface area contributed by atoms with Crippen LogP contribution in [0.2, 0.25) is 0 Å². The highest BCUT2D eigenvalue weighted by atomic mass is 16.2. The van der Waals surface area contributed by atoms with Gasteiger partial charge < -0.3 is 11.1 Å². The van der Waals surface area contributed by atoms with Crippen LogP contribution in [0, 0.1) is 19.3 Å². The van der Waals surface area contributed by atoms with E-state index in [1.807, 2.05) is 13.0 Å². The lowest BCUT2D eigenvalue weighted by Gasteiger charge is -2.08. The fraction of sp³-hybridized carbons (Fsp3) is 0.273. The summed E-state index contributed by atoms with van der Waals surface area (Å²) < 4.78 is 0. The summed E-state index contributed by atoms with van der Waals surface area (Å²) in [4.78, 5) is 15.4. The van der Waals surface area contributed by atoms with Gasteiger partial charge >= 0.3 is 0 Å². The fourth-order valence-corrected chi connectivity index (χ4v) is 0.980. The Morgan fingerprint density at radius 3 is 3.00 bits per heavy atom. The number of carbonyl (C=O) groups excluding carboxylic acids is 1. The number of terminal acetylenes is 1. The van der Waals surface area contributed by atoms with Crippen LogP contribution in [0.15, 0.2) is 18.3 Å². The van der Waals surface area contributed by atoms with Crippen LogP contribution in [0.4, 0.5) is 5.82 Å². The molecule has 0 radical (unpaired) electrons. The van der Waals surface area contributed by atoms with Crippen LogP contribution in [0.3, 0.4) is 0 Å². The van der Waals surface area contributed by atoms with Crippen molar-refractivity contribution in [1.82, 2.24) is 4.98 Å². The number of hydrogen-bond donors (Lipinski definition) is 2. The Hall–Kier alpha value is -1.86. The molecule has 78 valence electrons. The summed E-state index contributed by atoms with van der Waals surface area (Å²) in [5, 5.41) is 2.58. The second-order valence-corrected chi connectivity index (χ2v) is 3.22. The molecule has 1 amide bonds. The normalized spacial score (nSPS) is 11.5. The quantitative estimate of drug-likeness (QED) is 0.710. The van der Waals surface area contributed by atoms with Gasteiger partial charge in [-0.3, -0.25) is 4.79 Å². The van der Waals surface area contributed by atoms with E-state index >= 15 is 0 Å². The molecule has 1 rings (SSSR count). The highest BCUT2D eigenvalue weighted by Gasteiger charge is 2.12. The van der Waals surface area contributed by atoms with Gasteiger partial charge in [0.2, 0.25) is 5.91 Å². The first-order valence-corrected chi connectivity index (χ1v) is 4.56. The number of amides is 1. The van der Waals surface area contributed by atoms with Crippen molar-refractivity contribution in [2.75, 3.05) is 5.32 Å². The molecule has 0 aliphatic rings. The predicted molar refractivity (Wildman–Crippen MR) is 59.0 cm³/mol. The maximum atomic E-state index is 11.4. The third kappa shape index (κ3) is 3.41. The van der Waals surface area contributed by atoms with E-state index in [2.05, 4.69) is 16.2 Å². The van der Waals surface area contributed by atoms with Crippen molar-refractivity contribution in [2.24, 2.45) is 5.73 Å². The smallest absolute Gasteiger partial charge is 0.243 e. The predicted octanol–water partition coefficient (Wildman–Crippen LogP) is 0.679. The number of nitrogens with one attached hydrogen (secondary N) is 1. The third-order valence-corrected chi connectivity index (χ3v) is 1.84. The molecule has 0 spiro atoms. The SMILES string of the molecule is C#CCC(N)C(=O)Nc1ccc(C)cn1. The Balaban J connectivity index is 2.59. The number of anilines is 1. The number of nitrogens with zero attached hydrogens (tertiary/aromatic N) is 1. The van der Waals surface area contributed by atoms with Crippen molar-refractivity contribution in [2.45, 2.75) is 19.4 Å². The molecule has 0 saturated carbocycles. The first-order valence-electron chi connectivity index (χ1n) is 4.56. The molecule has 1 aromatic heterocycles. The molecule has 0 fully saturated rings. The zero-order valence-corrected chi connectivity index (χ0v) is 8.53. The Kier molecular flexibility index (Phi) is 3.83. The largest absolute Gasteiger partial charge is 0.319 e. The van der Waals surface area contributed by atoms with Crippen LogP contribution in [-0.4, -0.2) is 16.9 Å². The summed E-state index contributed by atoms with van der Waals surface area (Å²) in [5.74, 6) is 2.51. The van der Waals surface area contributed by atoms with E-state index in [1.54, 1.807) is 12.3 Å². The molecule has 0 bridgehead atoms. The summed E-state index contributed by atoms with van der Waals surface area (Å²) in [5.41, 5.74) is 6.55. The van der Waals surface area contributed by atoms with Gasteiger partial charge in [-0.1, -0.05) is 6.07 Å². The van der Waals surface area contributed by atoms with E-state index in [0.717, 1.165) is 5.56 Å². The monoisotopic (exact) mass is 203 g/mol. The number of aromatic nitrogens is 1. The summed E-state index contributed by atoms with van der Waals surface area (Å²) in [6, 6.07) is 2.89. The zero-order valence-electron chi connectivity index (χ0n) is 8.53. The Morgan fingerprint density at radius 1 is 1.73 bits per heavy atom. The molecule has 3 N–H and O–H groups in total. The van der Waals surface area contributed by atoms with Gasteiger partial charge in [0.25, 0.3) is 0 Å². The van der Waals surface area contributed by atoms with Crippen LogP contribution >= 0.6 is 0 Å². The van der Waals surface area contributed by atoms with Gasteiger partial charge in [0.05, 0.1) is 6.04 Å². The molecule has 1 aromatic rings. The third-order valence-electron chi connectivity index (χ3n) is 1.84. The maximum Gasteiger partial charge on any atom is 0.243 e. The topological polar surface area (TPSA) is 68.0 Å². The molecule has 15 heavy (non-hydrogen) atoms. The standard InChI is InChI=1S/C11H13N3O/c1-3-4-9(12)11(15)14-10-6-5-8(2)7-13-10/h1,5-7,9H,4,12H2,2H3,(H,13,14,15). The first kappa shape index (κ1) is 11.2. The molecule has 1 atom stereocenters. The molecule has 0 aliphatic carbocycles.